The van der Waals surface area contributed by atoms with Crippen molar-refractivity contribution in [2.45, 2.75) is 18.9 Å². The summed E-state index contributed by atoms with van der Waals surface area (Å²) in [6.45, 7) is 1.36. The van der Waals surface area contributed by atoms with Gasteiger partial charge < -0.3 is 14.6 Å². The van der Waals surface area contributed by atoms with Gasteiger partial charge in [-0.1, -0.05) is 24.3 Å². The number of para-hydroxylation sites is 1. The molecular formula is C19H19N3O2. The zero-order valence-corrected chi connectivity index (χ0v) is 13.3. The molecule has 0 aliphatic carbocycles. The summed E-state index contributed by atoms with van der Waals surface area (Å²) in [7, 11) is 0. The summed E-state index contributed by atoms with van der Waals surface area (Å²) in [5.74, 6) is 0.764. The van der Waals surface area contributed by atoms with E-state index in [1.807, 2.05) is 53.6 Å². The Morgan fingerprint density at radius 1 is 1.25 bits per heavy atom. The predicted octanol–water partition coefficient (Wildman–Crippen LogP) is 2.79. The summed E-state index contributed by atoms with van der Waals surface area (Å²) in [5, 5.41) is 1.12. The number of fused-ring (bicyclic) bond motifs is 1. The molecule has 5 nitrogen and oxygen atoms in total. The number of H-pyrrole nitrogens is 1. The Labute approximate surface area is 140 Å². The van der Waals surface area contributed by atoms with Gasteiger partial charge in [0.25, 0.3) is 0 Å². The van der Waals surface area contributed by atoms with Gasteiger partial charge in [-0.2, -0.15) is 0 Å². The fraction of sp³-hybridized carbons (Fsp3) is 0.263. The van der Waals surface area contributed by atoms with Crippen LogP contribution in [0.5, 0.6) is 5.88 Å². The number of benzene rings is 1. The van der Waals surface area contributed by atoms with Crippen molar-refractivity contribution in [2.75, 3.05) is 13.1 Å². The van der Waals surface area contributed by atoms with Crippen molar-refractivity contribution in [1.29, 1.82) is 0 Å². The maximum atomic E-state index is 12.6. The van der Waals surface area contributed by atoms with E-state index in [0.717, 1.165) is 29.4 Å². The van der Waals surface area contributed by atoms with Crippen LogP contribution in [0.4, 0.5) is 0 Å². The largest absolute Gasteiger partial charge is 0.472 e. The minimum absolute atomic E-state index is 0.0202. The molecule has 1 unspecified atom stereocenters. The number of nitrogens with zero attached hydrogens (tertiary/aromatic N) is 2. The van der Waals surface area contributed by atoms with Gasteiger partial charge in [-0.3, -0.25) is 4.79 Å². The SMILES string of the molecule is O=C(Cc1c[nH]c2ccccc12)N1CCC(Oc2ccccn2)C1. The van der Waals surface area contributed by atoms with E-state index in [1.165, 1.54) is 0 Å². The number of hydrogen-bond acceptors (Lipinski definition) is 3. The summed E-state index contributed by atoms with van der Waals surface area (Å²) in [5.41, 5.74) is 2.11. The van der Waals surface area contributed by atoms with Crippen LogP contribution in [0.15, 0.2) is 54.9 Å². The highest BCUT2D eigenvalue weighted by Gasteiger charge is 2.28. The summed E-state index contributed by atoms with van der Waals surface area (Å²) >= 11 is 0. The van der Waals surface area contributed by atoms with Crippen LogP contribution in [0.1, 0.15) is 12.0 Å². The van der Waals surface area contributed by atoms with Gasteiger partial charge in [0.05, 0.1) is 13.0 Å². The van der Waals surface area contributed by atoms with Crippen LogP contribution in [-0.4, -0.2) is 40.0 Å². The van der Waals surface area contributed by atoms with E-state index >= 15 is 0 Å². The van der Waals surface area contributed by atoms with E-state index < -0.39 is 0 Å². The van der Waals surface area contributed by atoms with Gasteiger partial charge in [-0.25, -0.2) is 4.98 Å². The van der Waals surface area contributed by atoms with E-state index in [1.54, 1.807) is 6.20 Å². The molecule has 1 saturated heterocycles. The first-order valence-corrected chi connectivity index (χ1v) is 8.20. The molecule has 1 aliphatic heterocycles. The van der Waals surface area contributed by atoms with Crippen LogP contribution in [0.3, 0.4) is 0 Å². The van der Waals surface area contributed by atoms with Gasteiger partial charge in [0, 0.05) is 42.3 Å². The van der Waals surface area contributed by atoms with Crippen LogP contribution in [0.2, 0.25) is 0 Å². The fourth-order valence-corrected chi connectivity index (χ4v) is 3.19. The molecule has 3 heterocycles. The molecule has 1 aromatic carbocycles. The van der Waals surface area contributed by atoms with E-state index in [-0.39, 0.29) is 12.0 Å². The molecule has 1 aliphatic rings. The molecule has 3 aromatic rings. The molecule has 4 rings (SSSR count). The molecule has 2 aromatic heterocycles. The van der Waals surface area contributed by atoms with E-state index in [9.17, 15) is 4.79 Å². The lowest BCUT2D eigenvalue weighted by atomic mass is 10.1. The van der Waals surface area contributed by atoms with Crippen molar-refractivity contribution in [2.24, 2.45) is 0 Å². The first kappa shape index (κ1) is 14.8. The number of likely N-dealkylation sites (tertiary alicyclic amines) is 1. The third-order valence-corrected chi connectivity index (χ3v) is 4.44. The summed E-state index contributed by atoms with van der Waals surface area (Å²) in [6, 6.07) is 13.7. The molecular weight excluding hydrogens is 302 g/mol. The second kappa shape index (κ2) is 6.35. The molecule has 5 heteroatoms. The number of amides is 1. The molecule has 1 N–H and O–H groups in total. The zero-order chi connectivity index (χ0) is 16.4. The highest BCUT2D eigenvalue weighted by molar-refractivity contribution is 5.89. The van der Waals surface area contributed by atoms with E-state index in [0.29, 0.717) is 18.8 Å². The fourth-order valence-electron chi connectivity index (χ4n) is 3.19. The molecule has 122 valence electrons. The van der Waals surface area contributed by atoms with Crippen molar-refractivity contribution in [3.63, 3.8) is 0 Å². The monoisotopic (exact) mass is 321 g/mol. The van der Waals surface area contributed by atoms with Crippen molar-refractivity contribution in [3.8, 4) is 5.88 Å². The number of ether oxygens (including phenoxy) is 1. The smallest absolute Gasteiger partial charge is 0.227 e. The van der Waals surface area contributed by atoms with Crippen molar-refractivity contribution < 1.29 is 9.53 Å². The first-order chi connectivity index (χ1) is 11.8. The average molecular weight is 321 g/mol. The van der Waals surface area contributed by atoms with Gasteiger partial charge in [0.15, 0.2) is 0 Å². The Morgan fingerprint density at radius 3 is 3.00 bits per heavy atom. The number of nitrogens with one attached hydrogen (secondary N) is 1. The lowest BCUT2D eigenvalue weighted by Crippen LogP contribution is -2.32. The van der Waals surface area contributed by atoms with Crippen LogP contribution in [0.25, 0.3) is 10.9 Å². The minimum Gasteiger partial charge on any atom is -0.472 e. The highest BCUT2D eigenvalue weighted by atomic mass is 16.5. The van der Waals surface area contributed by atoms with Crippen LogP contribution < -0.4 is 4.74 Å². The topological polar surface area (TPSA) is 58.2 Å². The summed E-state index contributed by atoms with van der Waals surface area (Å²) in [4.78, 5) is 21.9. The van der Waals surface area contributed by atoms with Crippen molar-refractivity contribution in [3.05, 3.63) is 60.4 Å². The summed E-state index contributed by atoms with van der Waals surface area (Å²) in [6.07, 6.45) is 4.92. The molecule has 0 radical (unpaired) electrons. The number of aromatic nitrogens is 2. The van der Waals surface area contributed by atoms with Gasteiger partial charge in [0.1, 0.15) is 6.10 Å². The molecule has 1 atom stereocenters. The summed E-state index contributed by atoms with van der Waals surface area (Å²) < 4.78 is 5.85. The van der Waals surface area contributed by atoms with Crippen LogP contribution >= 0.6 is 0 Å². The van der Waals surface area contributed by atoms with E-state index in [4.69, 9.17) is 4.74 Å². The molecule has 1 fully saturated rings. The second-order valence-electron chi connectivity index (χ2n) is 6.07. The van der Waals surface area contributed by atoms with Crippen molar-refractivity contribution in [1.82, 2.24) is 14.9 Å². The Hall–Kier alpha value is -2.82. The van der Waals surface area contributed by atoms with Gasteiger partial charge >= 0.3 is 0 Å². The number of rotatable bonds is 4. The molecule has 24 heavy (non-hydrogen) atoms. The lowest BCUT2D eigenvalue weighted by Gasteiger charge is -2.16. The normalized spacial score (nSPS) is 17.3. The minimum atomic E-state index is 0.0202. The van der Waals surface area contributed by atoms with Crippen molar-refractivity contribution >= 4 is 16.8 Å². The standard InChI is InChI=1S/C19H19N3O2/c23-19(11-14-12-21-17-6-2-1-5-16(14)17)22-10-8-15(13-22)24-18-7-3-4-9-20-18/h1-7,9,12,15,21H,8,10-11,13H2. The quantitative estimate of drug-likeness (QED) is 0.804. The van der Waals surface area contributed by atoms with Gasteiger partial charge in [0.2, 0.25) is 11.8 Å². The Bertz CT molecular complexity index is 844. The molecule has 0 spiro atoms. The third-order valence-electron chi connectivity index (χ3n) is 4.44. The van der Waals surface area contributed by atoms with E-state index in [2.05, 4.69) is 9.97 Å². The molecule has 0 saturated carbocycles. The average Bonchev–Trinajstić information content (AvgIpc) is 3.24. The van der Waals surface area contributed by atoms with Crippen LogP contribution in [-0.2, 0) is 11.2 Å². The molecule has 0 bridgehead atoms. The Kier molecular flexibility index (Phi) is 3.91. The Morgan fingerprint density at radius 2 is 2.12 bits per heavy atom. The predicted molar refractivity (Wildman–Crippen MR) is 91.9 cm³/mol. The third kappa shape index (κ3) is 2.97. The first-order valence-electron chi connectivity index (χ1n) is 8.20. The maximum absolute atomic E-state index is 12.6. The second-order valence-corrected chi connectivity index (χ2v) is 6.07. The Balaban J connectivity index is 1.39. The van der Waals surface area contributed by atoms with Crippen LogP contribution in [0, 0.1) is 0 Å². The van der Waals surface area contributed by atoms with Gasteiger partial charge in [-0.05, 0) is 17.7 Å². The number of carbonyl (C=O) groups is 1. The zero-order valence-electron chi connectivity index (χ0n) is 13.3. The molecule has 1 amide bonds. The number of pyridine rings is 1. The van der Waals surface area contributed by atoms with Gasteiger partial charge in [-0.15, -0.1) is 0 Å². The number of hydrogen-bond donors (Lipinski definition) is 1. The number of aromatic amines is 1. The number of carbonyl (C=O) groups excluding carboxylic acids is 1. The highest BCUT2D eigenvalue weighted by Crippen LogP contribution is 2.21. The lowest BCUT2D eigenvalue weighted by molar-refractivity contribution is -0.129. The maximum Gasteiger partial charge on any atom is 0.227 e.